The van der Waals surface area contributed by atoms with Gasteiger partial charge in [-0.15, -0.1) is 0 Å². The van der Waals surface area contributed by atoms with E-state index in [4.69, 9.17) is 16.3 Å². The van der Waals surface area contributed by atoms with Crippen LogP contribution in [0, 0.1) is 13.8 Å². The van der Waals surface area contributed by atoms with Crippen LogP contribution in [0.4, 0.5) is 0 Å². The van der Waals surface area contributed by atoms with E-state index in [0.29, 0.717) is 5.88 Å². The molecule has 2 aromatic rings. The molecule has 2 rings (SSSR count). The minimum atomic E-state index is 0.648. The molecule has 1 aromatic carbocycles. The molecule has 0 aliphatic rings. The first kappa shape index (κ1) is 15.8. The second-order valence-corrected chi connectivity index (χ2v) is 5.55. The highest BCUT2D eigenvalue weighted by molar-refractivity contribution is 6.30. The first-order chi connectivity index (χ1) is 10.1. The number of nitrogens with zero attached hydrogens (tertiary/aromatic N) is 1. The van der Waals surface area contributed by atoms with E-state index in [-0.39, 0.29) is 0 Å². The Labute approximate surface area is 131 Å². The van der Waals surface area contributed by atoms with Gasteiger partial charge in [0.05, 0.1) is 0 Å². The van der Waals surface area contributed by atoms with Gasteiger partial charge < -0.3 is 10.1 Å². The molecule has 4 heteroatoms. The first-order valence-electron chi connectivity index (χ1n) is 7.21. The molecule has 0 aliphatic carbocycles. The summed E-state index contributed by atoms with van der Waals surface area (Å²) in [6.07, 6.45) is 2.85. The summed E-state index contributed by atoms with van der Waals surface area (Å²) in [7, 11) is 0. The Morgan fingerprint density at radius 2 is 1.95 bits per heavy atom. The van der Waals surface area contributed by atoms with Crippen LogP contribution in [-0.2, 0) is 6.54 Å². The third-order valence-corrected chi connectivity index (χ3v) is 3.43. The van der Waals surface area contributed by atoms with Crippen molar-refractivity contribution in [2.75, 3.05) is 6.54 Å². The van der Waals surface area contributed by atoms with E-state index < -0.39 is 0 Å². The highest BCUT2D eigenvalue weighted by Crippen LogP contribution is 2.31. The molecule has 112 valence electrons. The molecule has 0 amide bonds. The maximum atomic E-state index is 6.06. The molecule has 21 heavy (non-hydrogen) atoms. The van der Waals surface area contributed by atoms with Gasteiger partial charge in [0.25, 0.3) is 0 Å². The molecule has 0 unspecified atom stereocenters. The second-order valence-electron chi connectivity index (χ2n) is 5.12. The molecule has 1 heterocycles. The fourth-order valence-corrected chi connectivity index (χ4v) is 2.53. The standard InChI is InChI=1S/C17H21ClN2O/c1-4-7-19-11-14-6-5-8-20-17(14)21-16-12(2)9-15(18)10-13(16)3/h5-6,8-10,19H,4,7,11H2,1-3H3. The molecule has 1 N–H and O–H groups in total. The van der Waals surface area contributed by atoms with Gasteiger partial charge in [-0.25, -0.2) is 4.98 Å². The van der Waals surface area contributed by atoms with Crippen LogP contribution in [0.25, 0.3) is 0 Å². The number of hydrogen-bond donors (Lipinski definition) is 1. The van der Waals surface area contributed by atoms with Crippen LogP contribution in [-0.4, -0.2) is 11.5 Å². The first-order valence-corrected chi connectivity index (χ1v) is 7.58. The number of nitrogens with one attached hydrogen (secondary N) is 1. The van der Waals surface area contributed by atoms with Gasteiger partial charge in [0, 0.05) is 23.3 Å². The number of halogens is 1. The lowest BCUT2D eigenvalue weighted by molar-refractivity contribution is 0.446. The zero-order valence-electron chi connectivity index (χ0n) is 12.7. The topological polar surface area (TPSA) is 34.2 Å². The van der Waals surface area contributed by atoms with E-state index in [9.17, 15) is 0 Å². The second kappa shape index (κ2) is 7.43. The third-order valence-electron chi connectivity index (χ3n) is 3.22. The summed E-state index contributed by atoms with van der Waals surface area (Å²) in [5, 5.41) is 4.10. The minimum Gasteiger partial charge on any atom is -0.438 e. The number of ether oxygens (including phenoxy) is 1. The van der Waals surface area contributed by atoms with Gasteiger partial charge >= 0.3 is 0 Å². The van der Waals surface area contributed by atoms with Crippen molar-refractivity contribution >= 4 is 11.6 Å². The number of hydrogen-bond acceptors (Lipinski definition) is 3. The summed E-state index contributed by atoms with van der Waals surface area (Å²) in [5.41, 5.74) is 3.08. The Bertz CT molecular complexity index is 590. The molecule has 0 saturated heterocycles. The van der Waals surface area contributed by atoms with E-state index in [2.05, 4.69) is 17.2 Å². The molecular weight excluding hydrogens is 284 g/mol. The van der Waals surface area contributed by atoms with E-state index in [1.165, 1.54) is 0 Å². The average molecular weight is 305 g/mol. The summed E-state index contributed by atoms with van der Waals surface area (Å²) in [6, 6.07) is 7.77. The Morgan fingerprint density at radius 1 is 1.24 bits per heavy atom. The van der Waals surface area contributed by atoms with E-state index >= 15 is 0 Å². The minimum absolute atomic E-state index is 0.648. The van der Waals surface area contributed by atoms with E-state index in [1.807, 2.05) is 38.1 Å². The summed E-state index contributed by atoms with van der Waals surface area (Å²) < 4.78 is 6.05. The van der Waals surface area contributed by atoms with Crippen LogP contribution in [0.15, 0.2) is 30.5 Å². The maximum Gasteiger partial charge on any atom is 0.223 e. The number of pyridine rings is 1. The zero-order valence-corrected chi connectivity index (χ0v) is 13.5. The number of rotatable bonds is 6. The van der Waals surface area contributed by atoms with Crippen molar-refractivity contribution in [2.45, 2.75) is 33.7 Å². The Balaban J connectivity index is 2.23. The molecule has 0 fully saturated rings. The van der Waals surface area contributed by atoms with Gasteiger partial charge in [-0.1, -0.05) is 24.6 Å². The lowest BCUT2D eigenvalue weighted by Crippen LogP contribution is -2.14. The zero-order chi connectivity index (χ0) is 15.2. The predicted molar refractivity (Wildman–Crippen MR) is 87.2 cm³/mol. The Kier molecular flexibility index (Phi) is 5.59. The van der Waals surface area contributed by atoms with Crippen LogP contribution in [0.3, 0.4) is 0 Å². The van der Waals surface area contributed by atoms with Gasteiger partial charge in [-0.2, -0.15) is 0 Å². The smallest absolute Gasteiger partial charge is 0.223 e. The van der Waals surface area contributed by atoms with Gasteiger partial charge in [0.15, 0.2) is 0 Å². The maximum absolute atomic E-state index is 6.06. The fourth-order valence-electron chi connectivity index (χ4n) is 2.21. The van der Waals surface area contributed by atoms with Crippen molar-refractivity contribution < 1.29 is 4.74 Å². The summed E-state index contributed by atoms with van der Waals surface area (Å²) in [4.78, 5) is 4.36. The van der Waals surface area contributed by atoms with Crippen LogP contribution >= 0.6 is 11.6 Å². The molecule has 0 saturated carbocycles. The van der Waals surface area contributed by atoms with Crippen LogP contribution in [0.1, 0.15) is 30.0 Å². The monoisotopic (exact) mass is 304 g/mol. The van der Waals surface area contributed by atoms with Gasteiger partial charge in [0.1, 0.15) is 5.75 Å². The Morgan fingerprint density at radius 3 is 2.62 bits per heavy atom. The number of aryl methyl sites for hydroxylation is 2. The average Bonchev–Trinajstić information content (AvgIpc) is 2.44. The van der Waals surface area contributed by atoms with Gasteiger partial charge in [0.2, 0.25) is 5.88 Å². The molecule has 1 aromatic heterocycles. The lowest BCUT2D eigenvalue weighted by atomic mass is 10.1. The number of aromatic nitrogens is 1. The quantitative estimate of drug-likeness (QED) is 0.789. The number of benzene rings is 1. The predicted octanol–water partition coefficient (Wildman–Crippen LogP) is 4.64. The molecule has 0 bridgehead atoms. The largest absolute Gasteiger partial charge is 0.438 e. The van der Waals surface area contributed by atoms with E-state index in [1.54, 1.807) is 6.20 Å². The van der Waals surface area contributed by atoms with Crippen molar-refractivity contribution in [3.05, 3.63) is 52.2 Å². The molecule has 3 nitrogen and oxygen atoms in total. The SMILES string of the molecule is CCCNCc1cccnc1Oc1c(C)cc(Cl)cc1C. The molecule has 0 atom stereocenters. The van der Waals surface area contributed by atoms with Crippen molar-refractivity contribution in [1.29, 1.82) is 0 Å². The van der Waals surface area contributed by atoms with Crippen LogP contribution in [0.2, 0.25) is 5.02 Å². The molecule has 0 radical (unpaired) electrons. The van der Waals surface area contributed by atoms with Crippen molar-refractivity contribution in [1.82, 2.24) is 10.3 Å². The summed E-state index contributed by atoms with van der Waals surface area (Å²) in [5.74, 6) is 1.48. The molecule has 0 spiro atoms. The van der Waals surface area contributed by atoms with Crippen LogP contribution in [0.5, 0.6) is 11.6 Å². The summed E-state index contributed by atoms with van der Waals surface area (Å²) >= 11 is 6.06. The normalized spacial score (nSPS) is 10.7. The highest BCUT2D eigenvalue weighted by Gasteiger charge is 2.11. The van der Waals surface area contributed by atoms with Crippen molar-refractivity contribution in [3.8, 4) is 11.6 Å². The van der Waals surface area contributed by atoms with Gasteiger partial charge in [-0.3, -0.25) is 0 Å². The molecular formula is C17H21ClN2O. The lowest BCUT2D eigenvalue weighted by Gasteiger charge is -2.14. The van der Waals surface area contributed by atoms with Crippen LogP contribution < -0.4 is 10.1 Å². The molecule has 0 aliphatic heterocycles. The fraction of sp³-hybridized carbons (Fsp3) is 0.353. The van der Waals surface area contributed by atoms with Gasteiger partial charge in [-0.05, 0) is 56.1 Å². The van der Waals surface area contributed by atoms with Crippen molar-refractivity contribution in [3.63, 3.8) is 0 Å². The highest BCUT2D eigenvalue weighted by atomic mass is 35.5. The summed E-state index contributed by atoms with van der Waals surface area (Å²) in [6.45, 7) is 7.86. The third kappa shape index (κ3) is 4.19. The van der Waals surface area contributed by atoms with E-state index in [0.717, 1.165) is 47.0 Å². The Hall–Kier alpha value is -1.58. The van der Waals surface area contributed by atoms with Crippen molar-refractivity contribution in [2.24, 2.45) is 0 Å².